The Morgan fingerprint density at radius 2 is 1.94 bits per heavy atom. The molecule has 2 aromatic rings. The van der Waals surface area contributed by atoms with E-state index in [2.05, 4.69) is 37.3 Å². The van der Waals surface area contributed by atoms with Gasteiger partial charge in [-0.05, 0) is 26.8 Å². The van der Waals surface area contributed by atoms with Crippen molar-refractivity contribution in [1.29, 1.82) is 0 Å². The highest BCUT2D eigenvalue weighted by atomic mass is 16.5. The third-order valence-corrected chi connectivity index (χ3v) is 6.81. The summed E-state index contributed by atoms with van der Waals surface area (Å²) in [6.45, 7) is 6.85. The van der Waals surface area contributed by atoms with Gasteiger partial charge in [-0.3, -0.25) is 19.1 Å². The fourth-order valence-electron chi connectivity index (χ4n) is 4.83. The molecule has 32 heavy (non-hydrogen) atoms. The number of nitrogens with zero attached hydrogens (tertiary/aromatic N) is 6. The highest BCUT2D eigenvalue weighted by molar-refractivity contribution is 5.75. The van der Waals surface area contributed by atoms with E-state index in [1.165, 1.54) is 36.4 Å². The Morgan fingerprint density at radius 3 is 2.62 bits per heavy atom. The molecule has 0 bridgehead atoms. The largest absolute Gasteiger partial charge is 0.354 e. The van der Waals surface area contributed by atoms with Gasteiger partial charge in [0.2, 0.25) is 5.91 Å². The predicted molar refractivity (Wildman–Crippen MR) is 119 cm³/mol. The monoisotopic (exact) mass is 443 g/mol. The van der Waals surface area contributed by atoms with Crippen molar-refractivity contribution >= 4 is 5.91 Å². The Morgan fingerprint density at radius 1 is 1.19 bits per heavy atom. The van der Waals surface area contributed by atoms with Crippen LogP contribution in [0.25, 0.3) is 11.5 Å². The van der Waals surface area contributed by atoms with Crippen molar-refractivity contribution in [3.8, 4) is 11.5 Å². The van der Waals surface area contributed by atoms with Crippen LogP contribution in [0.3, 0.4) is 0 Å². The summed E-state index contributed by atoms with van der Waals surface area (Å²) >= 11 is 0. The van der Waals surface area contributed by atoms with Gasteiger partial charge in [-0.2, -0.15) is 4.98 Å². The average Bonchev–Trinajstić information content (AvgIpc) is 3.24. The Balaban J connectivity index is 1.36. The number of hydrogen-bond acceptors (Lipinski definition) is 8. The summed E-state index contributed by atoms with van der Waals surface area (Å²) in [6.07, 6.45) is 9.03. The standard InChI is InChI=1S/C22H33N7O3/c1-17-25-20(32-26-17)18-14-23-16-28(21(18)31)9-6-19(30)24-15-22(7-4-3-5-8-22)29-12-10-27(2)11-13-29/h14,16H,3-13,15H2,1-2H3,(H,24,30). The number of aromatic nitrogens is 4. The Kier molecular flexibility index (Phi) is 7.00. The Hall–Kier alpha value is -2.59. The molecule has 2 fully saturated rings. The minimum absolute atomic E-state index is 0.0463. The number of aryl methyl sites for hydroxylation is 2. The normalized spacial score (nSPS) is 19.7. The van der Waals surface area contributed by atoms with Gasteiger partial charge in [-0.1, -0.05) is 24.4 Å². The highest BCUT2D eigenvalue weighted by Gasteiger charge is 2.39. The first-order valence-electron chi connectivity index (χ1n) is 11.5. The number of rotatable bonds is 7. The Labute approximate surface area is 188 Å². The van der Waals surface area contributed by atoms with Crippen LogP contribution < -0.4 is 10.9 Å². The number of nitrogens with one attached hydrogen (secondary N) is 1. The van der Waals surface area contributed by atoms with Crippen LogP contribution in [-0.4, -0.2) is 80.7 Å². The molecule has 10 heteroatoms. The molecule has 2 aromatic heterocycles. The van der Waals surface area contributed by atoms with Crippen molar-refractivity contribution in [2.75, 3.05) is 39.8 Å². The second kappa shape index (κ2) is 9.91. The molecular weight excluding hydrogens is 410 g/mol. The van der Waals surface area contributed by atoms with E-state index < -0.39 is 0 Å². The maximum atomic E-state index is 12.7. The first kappa shape index (κ1) is 22.6. The van der Waals surface area contributed by atoms with Crippen molar-refractivity contribution in [3.63, 3.8) is 0 Å². The van der Waals surface area contributed by atoms with Crippen LogP contribution in [0.4, 0.5) is 0 Å². The number of likely N-dealkylation sites (N-methyl/N-ethyl adjacent to an activating group) is 1. The van der Waals surface area contributed by atoms with E-state index in [0.717, 1.165) is 39.0 Å². The van der Waals surface area contributed by atoms with Gasteiger partial charge < -0.3 is 14.7 Å². The molecule has 0 radical (unpaired) electrons. The first-order valence-corrected chi connectivity index (χ1v) is 11.5. The summed E-state index contributed by atoms with van der Waals surface area (Å²) < 4.78 is 6.51. The average molecular weight is 444 g/mol. The second-order valence-electron chi connectivity index (χ2n) is 9.05. The summed E-state index contributed by atoms with van der Waals surface area (Å²) in [6, 6.07) is 0. The van der Waals surface area contributed by atoms with Crippen molar-refractivity contribution < 1.29 is 9.32 Å². The summed E-state index contributed by atoms with van der Waals surface area (Å²) in [7, 11) is 2.16. The molecule has 0 atom stereocenters. The fraction of sp³-hybridized carbons (Fsp3) is 0.682. The van der Waals surface area contributed by atoms with Crippen molar-refractivity contribution in [1.82, 2.24) is 34.8 Å². The summed E-state index contributed by atoms with van der Waals surface area (Å²) in [5, 5.41) is 6.89. The van der Waals surface area contributed by atoms with E-state index in [1.54, 1.807) is 6.92 Å². The van der Waals surface area contributed by atoms with Gasteiger partial charge in [0.1, 0.15) is 5.56 Å². The molecule has 0 unspecified atom stereocenters. The van der Waals surface area contributed by atoms with Gasteiger partial charge in [-0.25, -0.2) is 4.98 Å². The lowest BCUT2D eigenvalue weighted by Gasteiger charge is -2.49. The van der Waals surface area contributed by atoms with E-state index >= 15 is 0 Å². The number of piperazine rings is 1. The van der Waals surface area contributed by atoms with Gasteiger partial charge in [0, 0.05) is 57.4 Å². The summed E-state index contributed by atoms with van der Waals surface area (Å²) in [5.41, 5.74) is 0.00546. The van der Waals surface area contributed by atoms with Gasteiger partial charge in [0.15, 0.2) is 5.82 Å². The van der Waals surface area contributed by atoms with E-state index in [4.69, 9.17) is 4.52 Å². The van der Waals surface area contributed by atoms with Crippen molar-refractivity contribution in [2.24, 2.45) is 0 Å². The van der Waals surface area contributed by atoms with E-state index in [-0.39, 0.29) is 41.4 Å². The SMILES string of the molecule is Cc1noc(-c2cncn(CCC(=O)NCC3(N4CCN(C)CC4)CCCCC3)c2=O)n1. The Bertz CT molecular complexity index is 972. The molecule has 1 saturated heterocycles. The quantitative estimate of drug-likeness (QED) is 0.677. The zero-order chi connectivity index (χ0) is 22.6. The third-order valence-electron chi connectivity index (χ3n) is 6.81. The molecule has 1 aliphatic heterocycles. The lowest BCUT2D eigenvalue weighted by Crippen LogP contribution is -2.61. The molecule has 1 amide bonds. The molecule has 1 N–H and O–H groups in total. The van der Waals surface area contributed by atoms with Crippen LogP contribution in [0.2, 0.25) is 0 Å². The van der Waals surface area contributed by atoms with Crippen LogP contribution >= 0.6 is 0 Å². The van der Waals surface area contributed by atoms with E-state index in [0.29, 0.717) is 12.4 Å². The van der Waals surface area contributed by atoms with E-state index in [9.17, 15) is 9.59 Å². The van der Waals surface area contributed by atoms with Crippen LogP contribution in [0.1, 0.15) is 44.3 Å². The molecule has 0 aromatic carbocycles. The number of hydrogen-bond donors (Lipinski definition) is 1. The second-order valence-corrected chi connectivity index (χ2v) is 9.05. The van der Waals surface area contributed by atoms with Crippen LogP contribution in [-0.2, 0) is 11.3 Å². The maximum Gasteiger partial charge on any atom is 0.266 e. The molecule has 174 valence electrons. The summed E-state index contributed by atoms with van der Waals surface area (Å²) in [4.78, 5) is 38.6. The molecule has 2 aliphatic rings. The lowest BCUT2D eigenvalue weighted by molar-refractivity contribution is -0.122. The lowest BCUT2D eigenvalue weighted by atomic mass is 9.79. The third kappa shape index (κ3) is 5.07. The van der Waals surface area contributed by atoms with Crippen LogP contribution in [0.5, 0.6) is 0 Å². The minimum Gasteiger partial charge on any atom is -0.354 e. The topological polar surface area (TPSA) is 109 Å². The fourth-order valence-corrected chi connectivity index (χ4v) is 4.83. The van der Waals surface area contributed by atoms with Gasteiger partial charge in [-0.15, -0.1) is 0 Å². The molecule has 1 saturated carbocycles. The van der Waals surface area contributed by atoms with Crippen molar-refractivity contribution in [3.05, 3.63) is 28.7 Å². The molecule has 1 aliphatic carbocycles. The minimum atomic E-state index is -0.294. The predicted octanol–water partition coefficient (Wildman–Crippen LogP) is 1.06. The van der Waals surface area contributed by atoms with Gasteiger partial charge >= 0.3 is 0 Å². The first-order chi connectivity index (χ1) is 15.5. The number of amides is 1. The summed E-state index contributed by atoms with van der Waals surface area (Å²) in [5.74, 6) is 0.548. The van der Waals surface area contributed by atoms with E-state index in [1.807, 2.05) is 0 Å². The molecule has 0 spiro atoms. The molecule has 3 heterocycles. The van der Waals surface area contributed by atoms with Crippen molar-refractivity contribution in [2.45, 2.75) is 57.5 Å². The smallest absolute Gasteiger partial charge is 0.266 e. The number of carbonyl (C=O) groups is 1. The highest BCUT2D eigenvalue weighted by Crippen LogP contribution is 2.34. The van der Waals surface area contributed by atoms with Crippen LogP contribution in [0.15, 0.2) is 21.8 Å². The molecular formula is C22H33N7O3. The number of carbonyl (C=O) groups excluding carboxylic acids is 1. The maximum absolute atomic E-state index is 12.7. The molecule has 10 nitrogen and oxygen atoms in total. The zero-order valence-corrected chi connectivity index (χ0v) is 19.0. The zero-order valence-electron chi connectivity index (χ0n) is 19.0. The van der Waals surface area contributed by atoms with Gasteiger partial charge in [0.05, 0.1) is 6.33 Å². The van der Waals surface area contributed by atoms with Crippen LogP contribution in [0, 0.1) is 6.92 Å². The van der Waals surface area contributed by atoms with Gasteiger partial charge in [0.25, 0.3) is 11.4 Å². The molecule has 4 rings (SSSR count).